The molecule has 0 saturated heterocycles. The summed E-state index contributed by atoms with van der Waals surface area (Å²) in [6.07, 6.45) is -0.601. The SMILES string of the molecule is COC(=O)CNCC(O)c1ccccc1. The number of rotatable bonds is 5. The van der Waals surface area contributed by atoms with Crippen LogP contribution in [0.4, 0.5) is 0 Å². The van der Waals surface area contributed by atoms with Crippen LogP contribution in [-0.4, -0.2) is 31.3 Å². The summed E-state index contributed by atoms with van der Waals surface area (Å²) in [4.78, 5) is 10.8. The van der Waals surface area contributed by atoms with Gasteiger partial charge in [0.15, 0.2) is 0 Å². The number of carbonyl (C=O) groups is 1. The Labute approximate surface area is 88.9 Å². The highest BCUT2D eigenvalue weighted by molar-refractivity contribution is 5.71. The molecule has 4 heteroatoms. The normalized spacial score (nSPS) is 12.1. The van der Waals surface area contributed by atoms with E-state index in [1.807, 2.05) is 30.3 Å². The van der Waals surface area contributed by atoms with Crippen molar-refractivity contribution in [1.82, 2.24) is 5.32 Å². The van der Waals surface area contributed by atoms with Crippen molar-refractivity contribution in [3.8, 4) is 0 Å². The Kier molecular flexibility index (Phi) is 4.80. The van der Waals surface area contributed by atoms with Crippen LogP contribution in [-0.2, 0) is 9.53 Å². The van der Waals surface area contributed by atoms with E-state index in [9.17, 15) is 9.90 Å². The summed E-state index contributed by atoms with van der Waals surface area (Å²) in [6, 6.07) is 9.28. The van der Waals surface area contributed by atoms with E-state index in [0.29, 0.717) is 6.54 Å². The van der Waals surface area contributed by atoms with Crippen LogP contribution >= 0.6 is 0 Å². The lowest BCUT2D eigenvalue weighted by Crippen LogP contribution is -2.28. The van der Waals surface area contributed by atoms with Gasteiger partial charge in [0.25, 0.3) is 0 Å². The van der Waals surface area contributed by atoms with E-state index in [0.717, 1.165) is 5.56 Å². The van der Waals surface area contributed by atoms with Crippen molar-refractivity contribution in [2.45, 2.75) is 6.10 Å². The molecule has 0 aromatic heterocycles. The molecule has 1 aromatic rings. The highest BCUT2D eigenvalue weighted by Gasteiger charge is 2.07. The maximum atomic E-state index is 10.8. The quantitative estimate of drug-likeness (QED) is 0.693. The van der Waals surface area contributed by atoms with E-state index in [-0.39, 0.29) is 12.5 Å². The van der Waals surface area contributed by atoms with E-state index in [1.54, 1.807) is 0 Å². The number of hydrogen-bond acceptors (Lipinski definition) is 4. The molecule has 2 N–H and O–H groups in total. The third-order valence-corrected chi connectivity index (χ3v) is 2.02. The molecule has 82 valence electrons. The highest BCUT2D eigenvalue weighted by Crippen LogP contribution is 2.09. The monoisotopic (exact) mass is 209 g/mol. The summed E-state index contributed by atoms with van der Waals surface area (Å²) < 4.78 is 4.45. The summed E-state index contributed by atoms with van der Waals surface area (Å²) >= 11 is 0. The number of aliphatic hydroxyl groups excluding tert-OH is 1. The zero-order valence-electron chi connectivity index (χ0n) is 8.64. The third-order valence-electron chi connectivity index (χ3n) is 2.02. The van der Waals surface area contributed by atoms with Crippen molar-refractivity contribution in [3.05, 3.63) is 35.9 Å². The molecule has 1 atom stereocenters. The predicted octanol–water partition coefficient (Wildman–Crippen LogP) is 0.483. The fourth-order valence-electron chi connectivity index (χ4n) is 1.18. The number of methoxy groups -OCH3 is 1. The van der Waals surface area contributed by atoms with Gasteiger partial charge in [0, 0.05) is 6.54 Å². The van der Waals surface area contributed by atoms with Crippen molar-refractivity contribution in [1.29, 1.82) is 0 Å². The second-order valence-corrected chi connectivity index (χ2v) is 3.13. The molecule has 0 radical (unpaired) electrons. The molecule has 0 spiro atoms. The molecule has 0 fully saturated rings. The molecule has 1 unspecified atom stereocenters. The molecule has 0 heterocycles. The van der Waals surface area contributed by atoms with Gasteiger partial charge in [-0.1, -0.05) is 30.3 Å². The first kappa shape index (κ1) is 11.7. The third kappa shape index (κ3) is 4.10. The van der Waals surface area contributed by atoms with Crippen molar-refractivity contribution < 1.29 is 14.6 Å². The predicted molar refractivity (Wildman–Crippen MR) is 56.3 cm³/mol. The lowest BCUT2D eigenvalue weighted by Gasteiger charge is -2.11. The van der Waals surface area contributed by atoms with Crippen molar-refractivity contribution in [2.24, 2.45) is 0 Å². The lowest BCUT2D eigenvalue weighted by molar-refractivity contribution is -0.139. The molecular weight excluding hydrogens is 194 g/mol. The van der Waals surface area contributed by atoms with E-state index in [1.165, 1.54) is 7.11 Å². The summed E-state index contributed by atoms with van der Waals surface area (Å²) in [6.45, 7) is 0.444. The molecule has 1 aromatic carbocycles. The minimum Gasteiger partial charge on any atom is -0.468 e. The zero-order chi connectivity index (χ0) is 11.1. The molecule has 1 rings (SSSR count). The fraction of sp³-hybridized carbons (Fsp3) is 0.364. The number of ether oxygens (including phenoxy) is 1. The first-order valence-electron chi connectivity index (χ1n) is 4.74. The van der Waals surface area contributed by atoms with E-state index < -0.39 is 6.10 Å². The van der Waals surface area contributed by atoms with Crippen molar-refractivity contribution in [2.75, 3.05) is 20.2 Å². The number of benzene rings is 1. The number of hydrogen-bond donors (Lipinski definition) is 2. The Morgan fingerprint density at radius 3 is 2.73 bits per heavy atom. The van der Waals surface area contributed by atoms with E-state index in [2.05, 4.69) is 10.1 Å². The van der Waals surface area contributed by atoms with Crippen LogP contribution in [0.3, 0.4) is 0 Å². The minimum absolute atomic E-state index is 0.112. The second-order valence-electron chi connectivity index (χ2n) is 3.13. The van der Waals surface area contributed by atoms with E-state index >= 15 is 0 Å². The van der Waals surface area contributed by atoms with Crippen LogP contribution < -0.4 is 5.32 Å². The Morgan fingerprint density at radius 1 is 1.47 bits per heavy atom. The smallest absolute Gasteiger partial charge is 0.319 e. The summed E-state index contributed by atoms with van der Waals surface area (Å²) in [5.74, 6) is -0.338. The number of aliphatic hydroxyl groups is 1. The standard InChI is InChI=1S/C11H15NO3/c1-15-11(14)8-12-7-10(13)9-5-3-2-4-6-9/h2-6,10,12-13H,7-8H2,1H3. The van der Waals surface area contributed by atoms with Crippen LogP contribution in [0.5, 0.6) is 0 Å². The maximum absolute atomic E-state index is 10.8. The van der Waals surface area contributed by atoms with Crippen molar-refractivity contribution >= 4 is 5.97 Å². The van der Waals surface area contributed by atoms with Gasteiger partial charge < -0.3 is 15.2 Å². The first-order valence-corrected chi connectivity index (χ1v) is 4.74. The van der Waals surface area contributed by atoms with Gasteiger partial charge in [0.1, 0.15) is 0 Å². The Bertz CT molecular complexity index is 300. The molecule has 0 aliphatic heterocycles. The van der Waals surface area contributed by atoms with Gasteiger partial charge in [0.05, 0.1) is 19.8 Å². The first-order chi connectivity index (χ1) is 7.24. The largest absolute Gasteiger partial charge is 0.468 e. The Hall–Kier alpha value is -1.39. The maximum Gasteiger partial charge on any atom is 0.319 e. The summed E-state index contributed by atoms with van der Waals surface area (Å²) in [5.41, 5.74) is 0.829. The van der Waals surface area contributed by atoms with Gasteiger partial charge in [-0.2, -0.15) is 0 Å². The van der Waals surface area contributed by atoms with Crippen molar-refractivity contribution in [3.63, 3.8) is 0 Å². The lowest BCUT2D eigenvalue weighted by atomic mass is 10.1. The van der Waals surface area contributed by atoms with Crippen LogP contribution in [0, 0.1) is 0 Å². The van der Waals surface area contributed by atoms with Gasteiger partial charge >= 0.3 is 5.97 Å². The minimum atomic E-state index is -0.601. The number of esters is 1. The van der Waals surface area contributed by atoms with Gasteiger partial charge in [-0.15, -0.1) is 0 Å². The molecule has 0 amide bonds. The molecule has 0 aliphatic carbocycles. The molecular formula is C11H15NO3. The topological polar surface area (TPSA) is 58.6 Å². The molecule has 15 heavy (non-hydrogen) atoms. The molecule has 0 aliphatic rings. The Morgan fingerprint density at radius 2 is 2.13 bits per heavy atom. The average molecular weight is 209 g/mol. The van der Waals surface area contributed by atoms with Gasteiger partial charge in [-0.05, 0) is 5.56 Å². The fourth-order valence-corrected chi connectivity index (χ4v) is 1.18. The number of nitrogens with one attached hydrogen (secondary N) is 1. The van der Waals surface area contributed by atoms with Crippen LogP contribution in [0.15, 0.2) is 30.3 Å². The zero-order valence-corrected chi connectivity index (χ0v) is 8.64. The van der Waals surface area contributed by atoms with Gasteiger partial charge in [-0.25, -0.2) is 0 Å². The van der Waals surface area contributed by atoms with Crippen LogP contribution in [0.25, 0.3) is 0 Å². The molecule has 0 saturated carbocycles. The summed E-state index contributed by atoms with van der Waals surface area (Å²) in [7, 11) is 1.33. The van der Waals surface area contributed by atoms with Gasteiger partial charge in [0.2, 0.25) is 0 Å². The molecule has 0 bridgehead atoms. The van der Waals surface area contributed by atoms with Crippen LogP contribution in [0.1, 0.15) is 11.7 Å². The van der Waals surface area contributed by atoms with Crippen LogP contribution in [0.2, 0.25) is 0 Å². The molecule has 4 nitrogen and oxygen atoms in total. The number of carbonyl (C=O) groups excluding carboxylic acids is 1. The Balaban J connectivity index is 2.31. The average Bonchev–Trinajstić information content (AvgIpc) is 2.29. The van der Waals surface area contributed by atoms with Gasteiger partial charge in [-0.3, -0.25) is 4.79 Å². The summed E-state index contributed by atoms with van der Waals surface area (Å²) in [5, 5.41) is 12.5. The highest BCUT2D eigenvalue weighted by atomic mass is 16.5. The van der Waals surface area contributed by atoms with E-state index in [4.69, 9.17) is 0 Å². The second kappa shape index (κ2) is 6.16.